The van der Waals surface area contributed by atoms with Gasteiger partial charge in [-0.1, -0.05) is 0 Å². The minimum absolute atomic E-state index is 0.318. The number of anilines is 1. The normalized spacial score (nSPS) is 14.2. The van der Waals surface area contributed by atoms with E-state index in [4.69, 9.17) is 0 Å². The Morgan fingerprint density at radius 1 is 1.39 bits per heavy atom. The van der Waals surface area contributed by atoms with Crippen molar-refractivity contribution in [3.63, 3.8) is 0 Å². The molecule has 0 aliphatic heterocycles. The Hall–Kier alpha value is -1.58. The van der Waals surface area contributed by atoms with Crippen molar-refractivity contribution in [3.05, 3.63) is 24.0 Å². The number of hydrogen-bond donors (Lipinski definition) is 1. The first kappa shape index (κ1) is 14.5. The molecule has 2 rings (SSSR count). The molecule has 1 aromatic heterocycles. The number of nitrogens with one attached hydrogen (secondary N) is 1. The Bertz CT molecular complexity index is 382. The van der Waals surface area contributed by atoms with Crippen LogP contribution in [0.25, 0.3) is 0 Å². The third-order valence-corrected chi connectivity index (χ3v) is 2.50. The fourth-order valence-corrected chi connectivity index (χ4v) is 1.38. The van der Waals surface area contributed by atoms with Crippen LogP contribution in [0.1, 0.15) is 45.1 Å². The first-order valence-corrected chi connectivity index (χ1v) is 6.20. The molecule has 0 aromatic carbocycles. The van der Waals surface area contributed by atoms with Gasteiger partial charge in [-0.05, 0) is 51.2 Å². The largest absolute Gasteiger partial charge is 0.462 e. The van der Waals surface area contributed by atoms with Gasteiger partial charge < -0.3 is 10.1 Å². The molecular formula is C14H22N2O2. The topological polar surface area (TPSA) is 51.2 Å². The zero-order chi connectivity index (χ0) is 13.6. The molecule has 1 aliphatic rings. The van der Waals surface area contributed by atoms with Gasteiger partial charge in [0.25, 0.3) is 6.47 Å². The molecule has 1 heterocycles. The molecule has 0 atom stereocenters. The quantitative estimate of drug-likeness (QED) is 0.838. The molecule has 1 saturated carbocycles. The molecule has 18 heavy (non-hydrogen) atoms. The van der Waals surface area contributed by atoms with Gasteiger partial charge in [-0.2, -0.15) is 0 Å². The highest BCUT2D eigenvalue weighted by atomic mass is 16.5. The maximum atomic E-state index is 9.60. The number of ether oxygens (including phenoxy) is 1. The number of nitrogens with zero attached hydrogens (tertiary/aromatic N) is 1. The highest BCUT2D eigenvalue weighted by Crippen LogP contribution is 2.40. The second-order valence-electron chi connectivity index (χ2n) is 5.36. The lowest BCUT2D eigenvalue weighted by Crippen LogP contribution is -2.17. The number of hydrogen-bond acceptors (Lipinski definition) is 4. The first-order valence-electron chi connectivity index (χ1n) is 6.20. The molecule has 0 amide bonds. The monoisotopic (exact) mass is 250 g/mol. The Morgan fingerprint density at radius 2 is 2.06 bits per heavy atom. The summed E-state index contributed by atoms with van der Waals surface area (Å²) in [4.78, 5) is 13.8. The van der Waals surface area contributed by atoms with Crippen LogP contribution in [0.15, 0.2) is 18.5 Å². The highest BCUT2D eigenvalue weighted by molar-refractivity contribution is 5.43. The predicted octanol–water partition coefficient (Wildman–Crippen LogP) is 2.96. The summed E-state index contributed by atoms with van der Waals surface area (Å²) in [6.07, 6.45) is 6.51. The Labute approximate surface area is 109 Å². The van der Waals surface area contributed by atoms with Gasteiger partial charge >= 0.3 is 0 Å². The van der Waals surface area contributed by atoms with Crippen LogP contribution in [0.5, 0.6) is 0 Å². The first-order chi connectivity index (χ1) is 8.46. The van der Waals surface area contributed by atoms with Crippen LogP contribution in [-0.2, 0) is 9.53 Å². The fraction of sp³-hybridized carbons (Fsp3) is 0.571. The van der Waals surface area contributed by atoms with Gasteiger partial charge in [0.15, 0.2) is 0 Å². The van der Waals surface area contributed by atoms with E-state index in [-0.39, 0.29) is 5.60 Å². The van der Waals surface area contributed by atoms with E-state index < -0.39 is 0 Å². The fourth-order valence-electron chi connectivity index (χ4n) is 1.38. The molecule has 1 N–H and O–H groups in total. The number of carbonyl (C=O) groups excluding carboxylic acids is 1. The standard InChI is InChI=1S/C9H12N2.C5H10O2/c1-10-9-4-8(5-11-6-9)7-2-3-7;1-5(2,3)7-4-6/h4-7,10H,2-3H2,1H3;4H,1-3H3. The van der Waals surface area contributed by atoms with Crippen LogP contribution in [0.3, 0.4) is 0 Å². The SMILES string of the molecule is CC(C)(C)OC=O.CNc1cncc(C2CC2)c1. The molecule has 4 heteroatoms. The van der Waals surface area contributed by atoms with Gasteiger partial charge in [0, 0.05) is 19.4 Å². The van der Waals surface area contributed by atoms with E-state index in [1.165, 1.54) is 18.4 Å². The van der Waals surface area contributed by atoms with Gasteiger partial charge in [0.2, 0.25) is 0 Å². The zero-order valence-corrected chi connectivity index (χ0v) is 11.6. The van der Waals surface area contributed by atoms with Gasteiger partial charge in [0.1, 0.15) is 5.60 Å². The van der Waals surface area contributed by atoms with Crippen molar-refractivity contribution in [3.8, 4) is 0 Å². The molecule has 0 spiro atoms. The number of pyridine rings is 1. The number of aromatic nitrogens is 1. The van der Waals surface area contributed by atoms with E-state index in [0.29, 0.717) is 6.47 Å². The minimum atomic E-state index is -0.318. The molecular weight excluding hydrogens is 228 g/mol. The summed E-state index contributed by atoms with van der Waals surface area (Å²) in [5.41, 5.74) is 2.19. The van der Waals surface area contributed by atoms with E-state index in [2.05, 4.69) is 21.1 Å². The molecule has 1 fully saturated rings. The maximum Gasteiger partial charge on any atom is 0.293 e. The van der Waals surface area contributed by atoms with Crippen LogP contribution in [-0.4, -0.2) is 24.1 Å². The van der Waals surface area contributed by atoms with Crippen LogP contribution in [0.4, 0.5) is 5.69 Å². The molecule has 4 nitrogen and oxygen atoms in total. The Balaban J connectivity index is 0.000000203. The van der Waals surface area contributed by atoms with E-state index in [0.717, 1.165) is 11.6 Å². The van der Waals surface area contributed by atoms with Crippen molar-refractivity contribution in [2.75, 3.05) is 12.4 Å². The van der Waals surface area contributed by atoms with Crippen LogP contribution in [0.2, 0.25) is 0 Å². The van der Waals surface area contributed by atoms with E-state index >= 15 is 0 Å². The van der Waals surface area contributed by atoms with Crippen molar-refractivity contribution >= 4 is 12.2 Å². The maximum absolute atomic E-state index is 9.60. The summed E-state index contributed by atoms with van der Waals surface area (Å²) < 4.78 is 4.55. The summed E-state index contributed by atoms with van der Waals surface area (Å²) >= 11 is 0. The molecule has 0 saturated heterocycles. The summed E-state index contributed by atoms with van der Waals surface area (Å²) in [5, 5.41) is 3.09. The molecule has 0 unspecified atom stereocenters. The van der Waals surface area contributed by atoms with Gasteiger partial charge in [-0.25, -0.2) is 0 Å². The third kappa shape index (κ3) is 5.66. The zero-order valence-electron chi connectivity index (χ0n) is 11.6. The minimum Gasteiger partial charge on any atom is -0.462 e. The average Bonchev–Trinajstić information content (AvgIpc) is 3.12. The summed E-state index contributed by atoms with van der Waals surface area (Å²) in [6, 6.07) is 2.19. The average molecular weight is 250 g/mol. The second kappa shape index (κ2) is 6.38. The molecule has 0 bridgehead atoms. The Morgan fingerprint density at radius 3 is 2.44 bits per heavy atom. The van der Waals surface area contributed by atoms with Crippen LogP contribution in [0, 0.1) is 0 Å². The predicted molar refractivity (Wildman–Crippen MR) is 72.7 cm³/mol. The third-order valence-electron chi connectivity index (χ3n) is 2.50. The molecule has 1 aliphatic carbocycles. The van der Waals surface area contributed by atoms with Crippen molar-refractivity contribution in [1.29, 1.82) is 0 Å². The van der Waals surface area contributed by atoms with Crippen LogP contribution >= 0.6 is 0 Å². The van der Waals surface area contributed by atoms with E-state index in [9.17, 15) is 4.79 Å². The molecule has 100 valence electrons. The van der Waals surface area contributed by atoms with Gasteiger partial charge in [0.05, 0.1) is 5.69 Å². The highest BCUT2D eigenvalue weighted by Gasteiger charge is 2.23. The summed E-state index contributed by atoms with van der Waals surface area (Å²) in [7, 11) is 1.92. The summed E-state index contributed by atoms with van der Waals surface area (Å²) in [6.45, 7) is 5.92. The van der Waals surface area contributed by atoms with Gasteiger partial charge in [-0.3, -0.25) is 9.78 Å². The van der Waals surface area contributed by atoms with E-state index in [1.807, 2.05) is 40.2 Å². The van der Waals surface area contributed by atoms with Crippen molar-refractivity contribution in [2.24, 2.45) is 0 Å². The number of rotatable bonds is 3. The molecule has 1 aromatic rings. The second-order valence-corrected chi connectivity index (χ2v) is 5.36. The Kier molecular flexibility index (Phi) is 5.13. The van der Waals surface area contributed by atoms with Crippen LogP contribution < -0.4 is 5.32 Å². The van der Waals surface area contributed by atoms with Crippen molar-refractivity contribution in [1.82, 2.24) is 4.98 Å². The van der Waals surface area contributed by atoms with Crippen molar-refractivity contribution < 1.29 is 9.53 Å². The molecule has 0 radical (unpaired) electrons. The lowest BCUT2D eigenvalue weighted by atomic mass is 10.2. The lowest BCUT2D eigenvalue weighted by Gasteiger charge is -2.14. The summed E-state index contributed by atoms with van der Waals surface area (Å²) in [5.74, 6) is 0.802. The lowest BCUT2D eigenvalue weighted by molar-refractivity contribution is -0.138. The smallest absolute Gasteiger partial charge is 0.293 e. The van der Waals surface area contributed by atoms with E-state index in [1.54, 1.807) is 0 Å². The van der Waals surface area contributed by atoms with Gasteiger partial charge in [-0.15, -0.1) is 0 Å². The number of carbonyl (C=O) groups is 1. The van der Waals surface area contributed by atoms with Crippen molar-refractivity contribution in [2.45, 2.75) is 45.1 Å².